The van der Waals surface area contributed by atoms with Crippen molar-refractivity contribution in [2.45, 2.75) is 12.6 Å². The molecule has 0 spiro atoms. The van der Waals surface area contributed by atoms with E-state index in [2.05, 4.69) is 15.3 Å². The molecular weight excluding hydrogens is 242 g/mol. The number of aromatic nitrogens is 2. The van der Waals surface area contributed by atoms with Gasteiger partial charge in [0.15, 0.2) is 0 Å². The van der Waals surface area contributed by atoms with E-state index in [1.807, 2.05) is 30.5 Å². The summed E-state index contributed by atoms with van der Waals surface area (Å²) >= 11 is 0. The quantitative estimate of drug-likeness (QED) is 0.892. The van der Waals surface area contributed by atoms with Crippen molar-refractivity contribution in [3.63, 3.8) is 0 Å². The number of rotatable bonds is 4. The standard InChI is InChI=1S/C14H17N3O2/c1-2-4-14-13(3-1)16-8-11(17-14)7-15-9-12-10-18-5-6-19-12/h1-4,8,12,15H,5-7,9-10H2. The molecule has 2 aromatic rings. The Bertz CT molecular complexity index is 541. The third-order valence-corrected chi connectivity index (χ3v) is 3.06. The van der Waals surface area contributed by atoms with Crippen LogP contribution in [0.15, 0.2) is 30.5 Å². The molecule has 1 aliphatic rings. The fourth-order valence-corrected chi connectivity index (χ4v) is 2.10. The number of ether oxygens (including phenoxy) is 2. The van der Waals surface area contributed by atoms with E-state index >= 15 is 0 Å². The number of para-hydroxylation sites is 2. The molecule has 1 fully saturated rings. The van der Waals surface area contributed by atoms with E-state index in [-0.39, 0.29) is 6.10 Å². The molecule has 1 saturated heterocycles. The highest BCUT2D eigenvalue weighted by Gasteiger charge is 2.13. The minimum atomic E-state index is 0.141. The van der Waals surface area contributed by atoms with Crippen LogP contribution in [0.3, 0.4) is 0 Å². The SMILES string of the molecule is c1ccc2nc(CNCC3COCCO3)cnc2c1. The predicted octanol–water partition coefficient (Wildman–Crippen LogP) is 1.13. The van der Waals surface area contributed by atoms with Crippen molar-refractivity contribution in [3.05, 3.63) is 36.2 Å². The first-order valence-electron chi connectivity index (χ1n) is 6.52. The van der Waals surface area contributed by atoms with Crippen molar-refractivity contribution in [1.29, 1.82) is 0 Å². The van der Waals surface area contributed by atoms with Gasteiger partial charge < -0.3 is 14.8 Å². The second-order valence-electron chi connectivity index (χ2n) is 4.55. The minimum Gasteiger partial charge on any atom is -0.376 e. The molecule has 0 radical (unpaired) electrons. The Morgan fingerprint density at radius 3 is 2.95 bits per heavy atom. The second-order valence-corrected chi connectivity index (χ2v) is 4.55. The van der Waals surface area contributed by atoms with E-state index in [0.717, 1.165) is 23.3 Å². The highest BCUT2D eigenvalue weighted by molar-refractivity contribution is 5.73. The molecule has 1 atom stereocenters. The Morgan fingerprint density at radius 2 is 2.11 bits per heavy atom. The molecule has 1 aromatic heterocycles. The van der Waals surface area contributed by atoms with Gasteiger partial charge in [-0.1, -0.05) is 12.1 Å². The van der Waals surface area contributed by atoms with Gasteiger partial charge in [0.25, 0.3) is 0 Å². The van der Waals surface area contributed by atoms with Gasteiger partial charge in [-0.3, -0.25) is 4.98 Å². The van der Waals surface area contributed by atoms with Crippen LogP contribution in [0.5, 0.6) is 0 Å². The van der Waals surface area contributed by atoms with Crippen LogP contribution < -0.4 is 5.32 Å². The first-order chi connectivity index (χ1) is 9.42. The Kier molecular flexibility index (Phi) is 3.98. The highest BCUT2D eigenvalue weighted by atomic mass is 16.6. The Morgan fingerprint density at radius 1 is 1.21 bits per heavy atom. The van der Waals surface area contributed by atoms with E-state index in [9.17, 15) is 0 Å². The summed E-state index contributed by atoms with van der Waals surface area (Å²) in [6.45, 7) is 3.51. The topological polar surface area (TPSA) is 56.3 Å². The first-order valence-corrected chi connectivity index (χ1v) is 6.52. The van der Waals surface area contributed by atoms with E-state index in [1.165, 1.54) is 0 Å². The molecule has 5 heteroatoms. The summed E-state index contributed by atoms with van der Waals surface area (Å²) in [7, 11) is 0. The molecule has 1 aliphatic heterocycles. The zero-order valence-corrected chi connectivity index (χ0v) is 10.7. The van der Waals surface area contributed by atoms with E-state index < -0.39 is 0 Å². The van der Waals surface area contributed by atoms with Crippen molar-refractivity contribution < 1.29 is 9.47 Å². The molecule has 100 valence electrons. The summed E-state index contributed by atoms with van der Waals surface area (Å²) in [5.74, 6) is 0. The number of hydrogen-bond donors (Lipinski definition) is 1. The van der Waals surface area contributed by atoms with Gasteiger partial charge >= 0.3 is 0 Å². The van der Waals surface area contributed by atoms with Gasteiger partial charge in [0.2, 0.25) is 0 Å². The molecule has 19 heavy (non-hydrogen) atoms. The number of benzene rings is 1. The van der Waals surface area contributed by atoms with E-state index in [1.54, 1.807) is 0 Å². The van der Waals surface area contributed by atoms with Gasteiger partial charge in [0.1, 0.15) is 0 Å². The van der Waals surface area contributed by atoms with Crippen LogP contribution in [-0.4, -0.2) is 42.4 Å². The normalized spacial score (nSPS) is 19.7. The van der Waals surface area contributed by atoms with E-state index in [0.29, 0.717) is 26.4 Å². The van der Waals surface area contributed by atoms with Gasteiger partial charge in [0, 0.05) is 13.1 Å². The summed E-state index contributed by atoms with van der Waals surface area (Å²) in [6, 6.07) is 7.88. The zero-order chi connectivity index (χ0) is 12.9. The van der Waals surface area contributed by atoms with Crippen molar-refractivity contribution in [1.82, 2.24) is 15.3 Å². The van der Waals surface area contributed by atoms with Gasteiger partial charge in [-0.2, -0.15) is 0 Å². The van der Waals surface area contributed by atoms with Crippen LogP contribution in [-0.2, 0) is 16.0 Å². The Balaban J connectivity index is 1.56. The third-order valence-electron chi connectivity index (χ3n) is 3.06. The van der Waals surface area contributed by atoms with Gasteiger partial charge in [-0.05, 0) is 12.1 Å². The van der Waals surface area contributed by atoms with Crippen molar-refractivity contribution in [2.24, 2.45) is 0 Å². The molecule has 0 saturated carbocycles. The van der Waals surface area contributed by atoms with Crippen molar-refractivity contribution in [3.8, 4) is 0 Å². The molecule has 1 N–H and O–H groups in total. The number of hydrogen-bond acceptors (Lipinski definition) is 5. The highest BCUT2D eigenvalue weighted by Crippen LogP contribution is 2.08. The lowest BCUT2D eigenvalue weighted by atomic mass is 10.3. The largest absolute Gasteiger partial charge is 0.376 e. The lowest BCUT2D eigenvalue weighted by Crippen LogP contribution is -2.37. The summed E-state index contributed by atoms with van der Waals surface area (Å²) in [6.07, 6.45) is 1.95. The average molecular weight is 259 g/mol. The van der Waals surface area contributed by atoms with Gasteiger partial charge in [0.05, 0.1) is 48.8 Å². The van der Waals surface area contributed by atoms with E-state index in [4.69, 9.17) is 9.47 Å². The molecular formula is C14H17N3O2. The average Bonchev–Trinajstić information content (AvgIpc) is 2.48. The van der Waals surface area contributed by atoms with Crippen LogP contribution in [0.2, 0.25) is 0 Å². The van der Waals surface area contributed by atoms with Crippen LogP contribution in [0, 0.1) is 0 Å². The molecule has 3 rings (SSSR count). The molecule has 1 unspecified atom stereocenters. The van der Waals surface area contributed by atoms with Crippen molar-refractivity contribution in [2.75, 3.05) is 26.4 Å². The lowest BCUT2D eigenvalue weighted by molar-refractivity contribution is -0.0864. The zero-order valence-electron chi connectivity index (χ0n) is 10.7. The first kappa shape index (κ1) is 12.5. The summed E-state index contributed by atoms with van der Waals surface area (Å²) in [5.41, 5.74) is 2.80. The molecule has 2 heterocycles. The summed E-state index contributed by atoms with van der Waals surface area (Å²) in [4.78, 5) is 8.95. The van der Waals surface area contributed by atoms with Crippen LogP contribution in [0.1, 0.15) is 5.69 Å². The monoisotopic (exact) mass is 259 g/mol. The lowest BCUT2D eigenvalue weighted by Gasteiger charge is -2.23. The number of fused-ring (bicyclic) bond motifs is 1. The predicted molar refractivity (Wildman–Crippen MR) is 71.8 cm³/mol. The fraction of sp³-hybridized carbons (Fsp3) is 0.429. The Hall–Kier alpha value is -1.56. The van der Waals surface area contributed by atoms with Crippen LogP contribution in [0.25, 0.3) is 11.0 Å². The Labute approximate surface area is 112 Å². The maximum atomic E-state index is 5.56. The summed E-state index contributed by atoms with van der Waals surface area (Å²) in [5, 5.41) is 3.33. The van der Waals surface area contributed by atoms with Gasteiger partial charge in [-0.25, -0.2) is 4.98 Å². The minimum absolute atomic E-state index is 0.141. The third kappa shape index (κ3) is 3.26. The smallest absolute Gasteiger partial charge is 0.0933 e. The molecule has 0 amide bonds. The maximum absolute atomic E-state index is 5.56. The fourth-order valence-electron chi connectivity index (χ4n) is 2.10. The van der Waals surface area contributed by atoms with Gasteiger partial charge in [-0.15, -0.1) is 0 Å². The number of nitrogens with one attached hydrogen (secondary N) is 1. The second kappa shape index (κ2) is 6.06. The molecule has 0 bridgehead atoms. The molecule has 1 aromatic carbocycles. The molecule has 5 nitrogen and oxygen atoms in total. The van der Waals surface area contributed by atoms with Crippen LogP contribution >= 0.6 is 0 Å². The summed E-state index contributed by atoms with van der Waals surface area (Å²) < 4.78 is 10.9. The van der Waals surface area contributed by atoms with Crippen molar-refractivity contribution >= 4 is 11.0 Å². The number of nitrogens with zero attached hydrogens (tertiary/aromatic N) is 2. The molecule has 0 aliphatic carbocycles. The maximum Gasteiger partial charge on any atom is 0.0933 e. The van der Waals surface area contributed by atoms with Crippen LogP contribution in [0.4, 0.5) is 0 Å².